The predicted molar refractivity (Wildman–Crippen MR) is 43.6 cm³/mol. The first kappa shape index (κ1) is 9.12. The Labute approximate surface area is 64.0 Å². The van der Waals surface area contributed by atoms with Crippen LogP contribution in [0, 0.1) is 29.6 Å². The smallest absolute Gasteiger partial charge is 0.0872 e. The number of hydrogen-bond donors (Lipinski definition) is 0. The first-order valence-electron chi connectivity index (χ1n) is 3.56. The molecule has 0 rings (SSSR count). The monoisotopic (exact) mass is 133 g/mol. The predicted octanol–water partition coefficient (Wildman–Crippen LogP) is 2.41. The van der Waals surface area contributed by atoms with E-state index in [1.165, 1.54) is 0 Å². The lowest BCUT2D eigenvalue weighted by molar-refractivity contribution is 0.683. The van der Waals surface area contributed by atoms with Crippen LogP contribution < -0.4 is 0 Å². The van der Waals surface area contributed by atoms with Gasteiger partial charge in [0.2, 0.25) is 0 Å². The molecule has 1 radical (unpaired) electrons. The number of unbranched alkanes of at least 4 members (excludes halogenated alkanes) is 1. The van der Waals surface area contributed by atoms with E-state index in [1.807, 2.05) is 13.8 Å². The van der Waals surface area contributed by atoms with Gasteiger partial charge in [0.1, 0.15) is 0 Å². The molecule has 0 aliphatic carbocycles. The van der Waals surface area contributed by atoms with E-state index in [2.05, 4.69) is 24.7 Å². The Bertz CT molecular complexity index is 180. The maximum atomic E-state index is 6.89. The lowest BCUT2D eigenvalue weighted by Gasteiger charge is -2.05. The van der Waals surface area contributed by atoms with Crippen LogP contribution in [0.15, 0.2) is 0 Å². The molecule has 53 valence electrons. The van der Waals surface area contributed by atoms with Crippen LogP contribution in [0.3, 0.4) is 0 Å². The summed E-state index contributed by atoms with van der Waals surface area (Å²) in [5, 5.41) is 0. The molecule has 0 heteroatoms. The Morgan fingerprint density at radius 3 is 2.40 bits per heavy atom. The van der Waals surface area contributed by atoms with Crippen molar-refractivity contribution in [1.29, 1.82) is 0 Å². The summed E-state index contributed by atoms with van der Waals surface area (Å²) in [7, 11) is 0. The Balaban J connectivity index is 3.93. The summed E-state index contributed by atoms with van der Waals surface area (Å²) in [6, 6.07) is 0. The van der Waals surface area contributed by atoms with Gasteiger partial charge in [-0.2, -0.15) is 0 Å². The molecule has 0 bridgehead atoms. The fraction of sp³-hybridized carbons (Fsp3) is 0.600. The Morgan fingerprint density at radius 2 is 2.00 bits per heavy atom. The van der Waals surface area contributed by atoms with E-state index in [-0.39, 0.29) is 5.41 Å². The third-order valence-electron chi connectivity index (χ3n) is 1.09. The van der Waals surface area contributed by atoms with Gasteiger partial charge in [-0.15, -0.1) is 5.92 Å². The Kier molecular flexibility index (Phi) is 3.67. The molecular formula is C10H13. The summed E-state index contributed by atoms with van der Waals surface area (Å²) in [5.74, 6) is 8.33. The van der Waals surface area contributed by atoms with Crippen LogP contribution in [0.2, 0.25) is 0 Å². The third-order valence-corrected chi connectivity index (χ3v) is 1.09. The van der Waals surface area contributed by atoms with Gasteiger partial charge in [-0.3, -0.25) is 0 Å². The van der Waals surface area contributed by atoms with E-state index >= 15 is 0 Å². The highest BCUT2D eigenvalue weighted by Gasteiger charge is 2.07. The van der Waals surface area contributed by atoms with Gasteiger partial charge in [0.25, 0.3) is 0 Å². The summed E-state index contributed by atoms with van der Waals surface area (Å²) >= 11 is 0. The quantitative estimate of drug-likeness (QED) is 0.482. The molecule has 0 heterocycles. The molecule has 0 fully saturated rings. The molecule has 0 amide bonds. The first-order valence-corrected chi connectivity index (χ1v) is 3.56. The summed E-state index contributed by atoms with van der Waals surface area (Å²) in [6.45, 7) is 5.88. The first-order chi connectivity index (χ1) is 4.62. The Hall–Kier alpha value is -0.880. The van der Waals surface area contributed by atoms with Gasteiger partial charge in [0.05, 0.1) is 5.41 Å². The average Bonchev–Trinajstić information content (AvgIpc) is 1.89. The maximum absolute atomic E-state index is 6.89. The molecule has 0 N–H and O–H groups in total. The van der Waals surface area contributed by atoms with E-state index in [9.17, 15) is 0 Å². The molecule has 0 aromatic carbocycles. The summed E-state index contributed by atoms with van der Waals surface area (Å²) in [6.07, 6.45) is 8.89. The van der Waals surface area contributed by atoms with Gasteiger partial charge in [-0.1, -0.05) is 18.8 Å². The van der Waals surface area contributed by atoms with Crippen molar-refractivity contribution in [2.75, 3.05) is 0 Å². The molecule has 0 saturated carbocycles. The highest BCUT2D eigenvalue weighted by atomic mass is 14.1. The Morgan fingerprint density at radius 1 is 1.40 bits per heavy atom. The van der Waals surface area contributed by atoms with Crippen LogP contribution in [0.1, 0.15) is 33.6 Å². The molecule has 0 aliphatic heterocycles. The van der Waals surface area contributed by atoms with Crippen molar-refractivity contribution < 1.29 is 0 Å². The molecule has 10 heavy (non-hydrogen) atoms. The van der Waals surface area contributed by atoms with Crippen LogP contribution in [-0.4, -0.2) is 0 Å². The minimum atomic E-state index is -0.352. The van der Waals surface area contributed by atoms with Crippen molar-refractivity contribution in [3.8, 4) is 17.8 Å². The van der Waals surface area contributed by atoms with Crippen molar-refractivity contribution in [3.63, 3.8) is 0 Å². The van der Waals surface area contributed by atoms with Gasteiger partial charge in [0, 0.05) is 6.42 Å². The highest BCUT2D eigenvalue weighted by molar-refractivity contribution is 5.19. The molecule has 0 saturated heterocycles. The average molecular weight is 133 g/mol. The molecule has 0 aromatic rings. The molecular weight excluding hydrogens is 120 g/mol. The van der Waals surface area contributed by atoms with Crippen LogP contribution in [-0.2, 0) is 0 Å². The van der Waals surface area contributed by atoms with E-state index < -0.39 is 0 Å². The molecule has 0 nitrogen and oxygen atoms in total. The minimum absolute atomic E-state index is 0.352. The second-order valence-corrected chi connectivity index (χ2v) is 2.80. The topological polar surface area (TPSA) is 0 Å². The molecule has 0 spiro atoms. The van der Waals surface area contributed by atoms with Crippen LogP contribution in [0.25, 0.3) is 0 Å². The zero-order chi connectivity index (χ0) is 8.04. The standard InChI is InChI=1S/C10H13/c1-5-7-8-9-10(3,4)6-2/h5,7H2,1,3-4H3. The number of hydrogen-bond acceptors (Lipinski definition) is 0. The van der Waals surface area contributed by atoms with Crippen molar-refractivity contribution in [2.24, 2.45) is 5.41 Å². The largest absolute Gasteiger partial charge is 0.102 e. The lowest BCUT2D eigenvalue weighted by Crippen LogP contribution is -2.02. The van der Waals surface area contributed by atoms with Gasteiger partial charge in [-0.25, -0.2) is 0 Å². The van der Waals surface area contributed by atoms with Gasteiger partial charge in [-0.05, 0) is 26.7 Å². The van der Waals surface area contributed by atoms with Crippen molar-refractivity contribution >= 4 is 0 Å². The highest BCUT2D eigenvalue weighted by Crippen LogP contribution is 2.10. The fourth-order valence-corrected chi connectivity index (χ4v) is 0.440. The van der Waals surface area contributed by atoms with E-state index in [4.69, 9.17) is 6.42 Å². The lowest BCUT2D eigenvalue weighted by atomic mass is 9.96. The SMILES string of the molecule is [C]#CC(C)(C)C#CCCC. The van der Waals surface area contributed by atoms with Crippen molar-refractivity contribution in [2.45, 2.75) is 33.6 Å². The molecule has 0 atom stereocenters. The normalized spacial score (nSPS) is 9.40. The van der Waals surface area contributed by atoms with Crippen molar-refractivity contribution in [3.05, 3.63) is 6.42 Å². The minimum Gasteiger partial charge on any atom is -0.102 e. The molecule has 0 aliphatic rings. The van der Waals surface area contributed by atoms with Crippen molar-refractivity contribution in [1.82, 2.24) is 0 Å². The second-order valence-electron chi connectivity index (χ2n) is 2.80. The summed E-state index contributed by atoms with van der Waals surface area (Å²) < 4.78 is 0. The third kappa shape index (κ3) is 4.04. The van der Waals surface area contributed by atoms with Gasteiger partial charge in [0.15, 0.2) is 0 Å². The van der Waals surface area contributed by atoms with Crippen LogP contribution in [0.4, 0.5) is 0 Å². The maximum Gasteiger partial charge on any atom is 0.0872 e. The summed E-state index contributed by atoms with van der Waals surface area (Å²) in [5.41, 5.74) is -0.352. The second kappa shape index (κ2) is 4.02. The zero-order valence-electron chi connectivity index (χ0n) is 6.91. The van der Waals surface area contributed by atoms with Crippen LogP contribution >= 0.6 is 0 Å². The van der Waals surface area contributed by atoms with Crippen LogP contribution in [0.5, 0.6) is 0 Å². The zero-order valence-corrected chi connectivity index (χ0v) is 6.91. The van der Waals surface area contributed by atoms with E-state index in [0.717, 1.165) is 12.8 Å². The molecule has 0 aromatic heterocycles. The number of rotatable bonds is 1. The van der Waals surface area contributed by atoms with E-state index in [1.54, 1.807) is 0 Å². The summed E-state index contributed by atoms with van der Waals surface area (Å²) in [4.78, 5) is 0. The van der Waals surface area contributed by atoms with E-state index in [0.29, 0.717) is 0 Å². The fourth-order valence-electron chi connectivity index (χ4n) is 0.440. The molecule has 0 unspecified atom stereocenters. The van der Waals surface area contributed by atoms with Gasteiger partial charge >= 0.3 is 0 Å². The van der Waals surface area contributed by atoms with Gasteiger partial charge < -0.3 is 0 Å².